The van der Waals surface area contributed by atoms with Gasteiger partial charge in [-0.3, -0.25) is 9.59 Å². The van der Waals surface area contributed by atoms with Crippen molar-refractivity contribution < 1.29 is 19.0 Å². The van der Waals surface area contributed by atoms with Crippen LogP contribution in [0.5, 0.6) is 0 Å². The summed E-state index contributed by atoms with van der Waals surface area (Å²) in [5, 5.41) is 21.7. The van der Waals surface area contributed by atoms with Crippen LogP contribution in [0.1, 0.15) is 18.5 Å². The lowest BCUT2D eigenvalue weighted by Gasteiger charge is -2.06. The molecular weight excluding hydrogens is 393 g/mol. The molecule has 0 fully saturated rings. The number of hydrogen-bond donors (Lipinski definition) is 1. The second-order valence-electron chi connectivity index (χ2n) is 6.74. The monoisotopic (exact) mass is 411 g/mol. The molecule has 0 bridgehead atoms. The van der Waals surface area contributed by atoms with Crippen molar-refractivity contribution in [3.63, 3.8) is 0 Å². The van der Waals surface area contributed by atoms with Crippen molar-refractivity contribution in [3.05, 3.63) is 58.4 Å². The van der Waals surface area contributed by atoms with Gasteiger partial charge in [-0.2, -0.15) is 5.10 Å². The van der Waals surface area contributed by atoms with Gasteiger partial charge >= 0.3 is 5.97 Å². The summed E-state index contributed by atoms with van der Waals surface area (Å²) < 4.78 is 21.6. The van der Waals surface area contributed by atoms with Crippen LogP contribution in [0, 0.1) is 5.82 Å². The molecule has 0 saturated carbocycles. The van der Waals surface area contributed by atoms with Gasteiger partial charge in [0.1, 0.15) is 11.3 Å². The van der Waals surface area contributed by atoms with Gasteiger partial charge in [0.15, 0.2) is 11.2 Å². The predicted octanol–water partition coefficient (Wildman–Crippen LogP) is 2.26. The highest BCUT2D eigenvalue weighted by atomic mass is 19.1. The van der Waals surface area contributed by atoms with E-state index >= 15 is 0 Å². The van der Waals surface area contributed by atoms with Crippen LogP contribution in [0.3, 0.4) is 0 Å². The molecule has 0 aliphatic heterocycles. The number of nitrogens with zero attached hydrogens (tertiary/aromatic N) is 5. The second-order valence-corrected chi connectivity index (χ2v) is 6.74. The predicted molar refractivity (Wildman–Crippen MR) is 106 cm³/mol. The van der Waals surface area contributed by atoms with E-state index in [0.717, 1.165) is 0 Å². The molecule has 3 aromatic heterocycles. The first-order chi connectivity index (χ1) is 14.5. The lowest BCUT2D eigenvalue weighted by atomic mass is 10.1. The first-order valence-corrected chi connectivity index (χ1v) is 9.23. The molecule has 30 heavy (non-hydrogen) atoms. The molecule has 0 aliphatic rings. The number of aryl methyl sites for hydroxylation is 1. The molecule has 4 aromatic rings. The van der Waals surface area contributed by atoms with Crippen LogP contribution in [0.15, 0.2) is 41.3 Å². The van der Waals surface area contributed by atoms with Gasteiger partial charge in [-0.15, -0.1) is 10.2 Å². The quantitative estimate of drug-likeness (QED) is 0.496. The summed E-state index contributed by atoms with van der Waals surface area (Å²) in [6, 6.07) is 7.63. The number of ether oxygens (including phenoxy) is 1. The Bertz CT molecular complexity index is 1300. The Balaban J connectivity index is 1.86. The summed E-state index contributed by atoms with van der Waals surface area (Å²) >= 11 is 0. The maximum Gasteiger partial charge on any atom is 0.303 e. The number of halogens is 1. The third-order valence-corrected chi connectivity index (χ3v) is 4.73. The Morgan fingerprint density at radius 2 is 1.97 bits per heavy atom. The zero-order valence-corrected chi connectivity index (χ0v) is 16.1. The minimum Gasteiger partial charge on any atom is -0.481 e. The molecule has 10 heteroatoms. The Labute approximate surface area is 169 Å². The Morgan fingerprint density at radius 3 is 2.67 bits per heavy atom. The molecular formula is C20H18FN5O4. The molecule has 0 atom stereocenters. The average molecular weight is 411 g/mol. The fraction of sp³-hybridized carbons (Fsp3) is 0.250. The van der Waals surface area contributed by atoms with Gasteiger partial charge < -0.3 is 14.4 Å². The van der Waals surface area contributed by atoms with Crippen LogP contribution in [-0.4, -0.2) is 42.6 Å². The molecule has 3 heterocycles. The van der Waals surface area contributed by atoms with Gasteiger partial charge in [-0.05, 0) is 30.2 Å². The summed E-state index contributed by atoms with van der Waals surface area (Å²) in [5.41, 5.74) is 2.56. The second kappa shape index (κ2) is 7.99. The molecule has 0 aliphatic carbocycles. The van der Waals surface area contributed by atoms with Gasteiger partial charge in [-0.1, -0.05) is 12.1 Å². The van der Waals surface area contributed by atoms with Gasteiger partial charge in [0.05, 0.1) is 17.9 Å². The molecule has 4 rings (SSSR count). The van der Waals surface area contributed by atoms with E-state index in [1.54, 1.807) is 24.4 Å². The van der Waals surface area contributed by atoms with Crippen LogP contribution in [0.2, 0.25) is 0 Å². The molecule has 0 radical (unpaired) electrons. The largest absolute Gasteiger partial charge is 0.481 e. The van der Waals surface area contributed by atoms with E-state index in [1.807, 2.05) is 0 Å². The van der Waals surface area contributed by atoms with Gasteiger partial charge in [-0.25, -0.2) is 8.91 Å². The van der Waals surface area contributed by atoms with E-state index in [1.165, 1.54) is 28.3 Å². The third kappa shape index (κ3) is 3.52. The SMILES string of the molecule is COCc1nn2c(nnc3c(=O)n(CCCC(=O)O)ccc32)c1-c1ccc(F)cc1. The Kier molecular flexibility index (Phi) is 5.23. The zero-order valence-electron chi connectivity index (χ0n) is 16.1. The topological polar surface area (TPSA) is 112 Å². The van der Waals surface area contributed by atoms with Crippen LogP contribution in [0.4, 0.5) is 4.39 Å². The smallest absolute Gasteiger partial charge is 0.303 e. The highest BCUT2D eigenvalue weighted by molar-refractivity contribution is 5.84. The van der Waals surface area contributed by atoms with E-state index in [0.29, 0.717) is 34.4 Å². The average Bonchev–Trinajstić information content (AvgIpc) is 3.09. The summed E-state index contributed by atoms with van der Waals surface area (Å²) in [5.74, 6) is -1.27. The number of carboxylic acid groups (broad SMARTS) is 1. The molecule has 154 valence electrons. The molecule has 0 saturated heterocycles. The van der Waals surface area contributed by atoms with Crippen molar-refractivity contribution >= 4 is 22.6 Å². The van der Waals surface area contributed by atoms with Crippen molar-refractivity contribution in [1.29, 1.82) is 0 Å². The van der Waals surface area contributed by atoms with Crippen molar-refractivity contribution in [2.24, 2.45) is 0 Å². The van der Waals surface area contributed by atoms with Gasteiger partial charge in [0.25, 0.3) is 5.56 Å². The third-order valence-electron chi connectivity index (χ3n) is 4.73. The highest BCUT2D eigenvalue weighted by Gasteiger charge is 2.19. The molecule has 0 unspecified atom stereocenters. The molecule has 1 aromatic carbocycles. The summed E-state index contributed by atoms with van der Waals surface area (Å²) in [6.07, 6.45) is 1.88. The number of carbonyl (C=O) groups is 1. The highest BCUT2D eigenvalue weighted by Crippen LogP contribution is 2.29. The minimum absolute atomic E-state index is 0.0320. The molecule has 0 spiro atoms. The van der Waals surface area contributed by atoms with E-state index in [2.05, 4.69) is 15.3 Å². The minimum atomic E-state index is -0.916. The summed E-state index contributed by atoms with van der Waals surface area (Å²) in [6.45, 7) is 0.458. The van der Waals surface area contributed by atoms with Gasteiger partial charge in [0, 0.05) is 26.3 Å². The maximum atomic E-state index is 13.4. The van der Waals surface area contributed by atoms with Crippen LogP contribution in [0.25, 0.3) is 27.8 Å². The number of fused-ring (bicyclic) bond motifs is 3. The normalized spacial score (nSPS) is 11.4. The summed E-state index contributed by atoms with van der Waals surface area (Å²) in [7, 11) is 1.54. The Morgan fingerprint density at radius 1 is 1.20 bits per heavy atom. The summed E-state index contributed by atoms with van der Waals surface area (Å²) in [4.78, 5) is 23.5. The fourth-order valence-electron chi connectivity index (χ4n) is 3.36. The molecule has 1 N–H and O–H groups in total. The Hall–Kier alpha value is -3.66. The van der Waals surface area contributed by atoms with Crippen molar-refractivity contribution in [2.45, 2.75) is 26.0 Å². The van der Waals surface area contributed by atoms with E-state index in [9.17, 15) is 14.0 Å². The van der Waals surface area contributed by atoms with Crippen LogP contribution < -0.4 is 5.56 Å². The number of methoxy groups -OCH3 is 1. The first-order valence-electron chi connectivity index (χ1n) is 9.23. The number of rotatable bonds is 7. The van der Waals surface area contributed by atoms with Crippen LogP contribution >= 0.6 is 0 Å². The van der Waals surface area contributed by atoms with Gasteiger partial charge in [0.2, 0.25) is 0 Å². The fourth-order valence-corrected chi connectivity index (χ4v) is 3.36. The van der Waals surface area contributed by atoms with E-state index in [4.69, 9.17) is 9.84 Å². The number of hydrogen-bond acceptors (Lipinski definition) is 6. The molecule has 9 nitrogen and oxygen atoms in total. The number of benzene rings is 1. The number of carboxylic acids is 1. The lowest BCUT2D eigenvalue weighted by Crippen LogP contribution is -2.22. The number of aliphatic carboxylic acids is 1. The molecule has 0 amide bonds. The first kappa shape index (κ1) is 19.6. The van der Waals surface area contributed by atoms with Crippen LogP contribution in [-0.2, 0) is 22.7 Å². The number of pyridine rings is 1. The van der Waals surface area contributed by atoms with Crippen molar-refractivity contribution in [1.82, 2.24) is 24.4 Å². The lowest BCUT2D eigenvalue weighted by molar-refractivity contribution is -0.137. The van der Waals surface area contributed by atoms with E-state index < -0.39 is 5.97 Å². The maximum absolute atomic E-state index is 13.4. The number of aromatic nitrogens is 5. The van der Waals surface area contributed by atoms with Crippen molar-refractivity contribution in [3.8, 4) is 11.1 Å². The standard InChI is InChI=1S/C20H18FN5O4/c1-30-11-14-17(12-4-6-13(21)7-5-12)19-23-22-18-15(26(19)24-14)8-10-25(20(18)29)9-2-3-16(27)28/h4-8,10H,2-3,9,11H2,1H3,(H,27,28). The van der Waals surface area contributed by atoms with Crippen molar-refractivity contribution in [2.75, 3.05) is 7.11 Å². The van der Waals surface area contributed by atoms with E-state index in [-0.39, 0.29) is 36.5 Å². The zero-order chi connectivity index (χ0) is 21.3.